The number of nitrogens with zero attached hydrogens (tertiary/aromatic N) is 4. The van der Waals surface area contributed by atoms with Crippen LogP contribution in [-0.2, 0) is 23.1 Å². The van der Waals surface area contributed by atoms with E-state index in [1.165, 1.54) is 6.33 Å². The van der Waals surface area contributed by atoms with E-state index < -0.39 is 12.8 Å². The molecule has 2 aromatic rings. The fraction of sp³-hybridized carbons (Fsp3) is 0.375. The second kappa shape index (κ2) is 9.12. The summed E-state index contributed by atoms with van der Waals surface area (Å²) in [6, 6.07) is 0. The zero-order valence-electron chi connectivity index (χ0n) is 11.2. The average Bonchev–Trinajstić information content (AvgIpc) is 2.68. The minimum absolute atomic E-state index is 0. The molecule has 2 N–H and O–H groups in total. The molecular weight excluding hydrogens is 323 g/mol. The molecule has 20 heavy (non-hydrogen) atoms. The zero-order chi connectivity index (χ0) is 13.2. The fourth-order valence-electron chi connectivity index (χ4n) is 1.40. The summed E-state index contributed by atoms with van der Waals surface area (Å²) in [5.41, 5.74) is 6.72. The van der Waals surface area contributed by atoms with Crippen LogP contribution in [0, 0.1) is 0 Å². The molecule has 0 aliphatic carbocycles. The topological polar surface area (TPSA) is 125 Å². The van der Waals surface area contributed by atoms with Crippen molar-refractivity contribution in [3.63, 3.8) is 0 Å². The molecule has 98 valence electrons. The van der Waals surface area contributed by atoms with E-state index in [2.05, 4.69) is 26.8 Å². The third-order valence-electron chi connectivity index (χ3n) is 2.16. The van der Waals surface area contributed by atoms with Gasteiger partial charge in [-0.15, -0.1) is 11.8 Å². The third-order valence-corrected chi connectivity index (χ3v) is 2.97. The van der Waals surface area contributed by atoms with E-state index in [1.54, 1.807) is 10.9 Å². The smallest absolute Gasteiger partial charge is 0.831 e. The van der Waals surface area contributed by atoms with Crippen molar-refractivity contribution < 1.29 is 73.6 Å². The maximum absolute atomic E-state index is 10.7. The van der Waals surface area contributed by atoms with Gasteiger partial charge in [-0.1, -0.05) is 0 Å². The number of aromatic nitrogens is 4. The maximum atomic E-state index is 10.7. The van der Waals surface area contributed by atoms with Gasteiger partial charge < -0.3 is 24.8 Å². The molecule has 0 spiro atoms. The predicted octanol–water partition coefficient (Wildman–Crippen LogP) is -7.58. The van der Waals surface area contributed by atoms with Gasteiger partial charge in [-0.2, -0.15) is 6.49 Å². The molecule has 0 amide bonds. The zero-order valence-corrected chi connectivity index (χ0v) is 16.9. The molecule has 0 aliphatic heterocycles. The van der Waals surface area contributed by atoms with Gasteiger partial charge in [-0.3, -0.25) is 0 Å². The standard InChI is InChI=1S/C8H12N5O3PS.2Na/c9-7-6-8(11-3-10-7)13(4-12-6)1-2-16-5-17(14,15)18;;/h3-4H,1-2,5H2,(H2,9,10,11)(H2,14,15,18);;/q;2*+1/p-2. The van der Waals surface area contributed by atoms with E-state index in [1.807, 2.05) is 0 Å². The van der Waals surface area contributed by atoms with Gasteiger partial charge in [0.05, 0.1) is 12.9 Å². The number of anilines is 1. The second-order valence-electron chi connectivity index (χ2n) is 3.52. The summed E-state index contributed by atoms with van der Waals surface area (Å²) in [4.78, 5) is 33.4. The third kappa shape index (κ3) is 5.94. The molecule has 8 nitrogen and oxygen atoms in total. The Morgan fingerprint density at radius 1 is 1.30 bits per heavy atom. The monoisotopic (exact) mass is 333 g/mol. The van der Waals surface area contributed by atoms with Gasteiger partial charge in [0.15, 0.2) is 11.5 Å². The molecule has 0 saturated carbocycles. The molecule has 0 atom stereocenters. The van der Waals surface area contributed by atoms with Gasteiger partial charge in [0.25, 0.3) is 0 Å². The molecule has 0 aliphatic rings. The molecule has 0 saturated heterocycles. The Labute approximate surface area is 164 Å². The fourth-order valence-corrected chi connectivity index (χ4v) is 1.98. The van der Waals surface area contributed by atoms with E-state index in [0.29, 0.717) is 23.5 Å². The van der Waals surface area contributed by atoms with Crippen molar-refractivity contribution >= 4 is 35.3 Å². The number of rotatable bonds is 5. The van der Waals surface area contributed by atoms with E-state index >= 15 is 0 Å². The number of hydrogen-bond donors (Lipinski definition) is 1. The van der Waals surface area contributed by atoms with Gasteiger partial charge >= 0.3 is 59.1 Å². The van der Waals surface area contributed by atoms with Crippen molar-refractivity contribution in [1.82, 2.24) is 19.5 Å². The molecule has 2 rings (SSSR count). The molecule has 12 heteroatoms. The van der Waals surface area contributed by atoms with E-state index in [9.17, 15) is 9.79 Å². The molecule has 2 aromatic heterocycles. The minimum atomic E-state index is -3.79. The molecular formula is C8H10N5Na2O3PS. The van der Waals surface area contributed by atoms with Crippen molar-refractivity contribution in [3.8, 4) is 0 Å². The van der Waals surface area contributed by atoms with E-state index in [-0.39, 0.29) is 65.7 Å². The van der Waals surface area contributed by atoms with Crippen LogP contribution in [0.1, 0.15) is 0 Å². The van der Waals surface area contributed by atoms with Crippen LogP contribution >= 0.6 is 6.49 Å². The van der Waals surface area contributed by atoms with Crippen LogP contribution in [0.15, 0.2) is 12.7 Å². The van der Waals surface area contributed by atoms with Crippen molar-refractivity contribution in [2.75, 3.05) is 18.7 Å². The number of nitrogens with two attached hydrogens (primary N) is 1. The minimum Gasteiger partial charge on any atom is -0.831 e. The van der Waals surface area contributed by atoms with E-state index in [0.717, 1.165) is 0 Å². The number of fused-ring (bicyclic) bond motifs is 1. The summed E-state index contributed by atoms with van der Waals surface area (Å²) >= 11 is 4.21. The molecule has 0 bridgehead atoms. The Morgan fingerprint density at radius 2 is 2.00 bits per heavy atom. The van der Waals surface area contributed by atoms with Crippen LogP contribution < -0.4 is 74.6 Å². The van der Waals surface area contributed by atoms with Crippen LogP contribution in [0.5, 0.6) is 0 Å². The number of ether oxygens (including phenoxy) is 1. The maximum Gasteiger partial charge on any atom is 1.00 e. The van der Waals surface area contributed by atoms with Crippen LogP contribution in [0.4, 0.5) is 5.82 Å². The van der Waals surface area contributed by atoms with Crippen LogP contribution in [0.25, 0.3) is 11.2 Å². The molecule has 0 radical (unpaired) electrons. The quantitative estimate of drug-likeness (QED) is 0.325. The second-order valence-corrected chi connectivity index (χ2v) is 6.67. The van der Waals surface area contributed by atoms with E-state index in [4.69, 9.17) is 10.5 Å². The Kier molecular flexibility index (Phi) is 9.52. The number of nitrogen functional groups attached to an aromatic ring is 1. The van der Waals surface area contributed by atoms with Crippen molar-refractivity contribution in [3.05, 3.63) is 12.7 Å². The summed E-state index contributed by atoms with van der Waals surface area (Å²) in [6.07, 6.45) is 2.43. The number of imidazole rings is 1. The first-order chi connectivity index (χ1) is 8.47. The van der Waals surface area contributed by atoms with Crippen LogP contribution in [-0.4, -0.2) is 32.5 Å². The Morgan fingerprint density at radius 3 is 2.65 bits per heavy atom. The van der Waals surface area contributed by atoms with Crippen LogP contribution in [0.2, 0.25) is 0 Å². The van der Waals surface area contributed by atoms with Gasteiger partial charge in [-0.25, -0.2) is 15.0 Å². The largest absolute Gasteiger partial charge is 1.00 e. The SMILES string of the molecule is Nc1ncnc2c1ncn2CCOCP([O-])([O-])=S.[Na+].[Na+]. The molecule has 0 aromatic carbocycles. The normalized spacial score (nSPS) is 10.9. The van der Waals surface area contributed by atoms with Gasteiger partial charge in [0.1, 0.15) is 11.8 Å². The van der Waals surface area contributed by atoms with Crippen molar-refractivity contribution in [1.29, 1.82) is 0 Å². The number of hydrogen-bond acceptors (Lipinski definition) is 8. The summed E-state index contributed by atoms with van der Waals surface area (Å²) in [7, 11) is 0. The van der Waals surface area contributed by atoms with Gasteiger partial charge in [-0.05, 0) is 0 Å². The Balaban J connectivity index is 0.00000180. The summed E-state index contributed by atoms with van der Waals surface area (Å²) in [6.45, 7) is -3.19. The first kappa shape index (κ1) is 20.9. The van der Waals surface area contributed by atoms with Gasteiger partial charge in [0, 0.05) is 12.9 Å². The summed E-state index contributed by atoms with van der Waals surface area (Å²) in [5.74, 6) is 0.300. The molecule has 0 unspecified atom stereocenters. The average molecular weight is 333 g/mol. The summed E-state index contributed by atoms with van der Waals surface area (Å²) < 4.78 is 6.65. The summed E-state index contributed by atoms with van der Waals surface area (Å²) in [5, 5.41) is 0. The Bertz CT molecular complexity index is 607. The first-order valence-electron chi connectivity index (χ1n) is 4.97. The van der Waals surface area contributed by atoms with Gasteiger partial charge in [0.2, 0.25) is 0 Å². The Hall–Kier alpha value is 0.880. The molecule has 0 fully saturated rings. The first-order valence-corrected chi connectivity index (χ1v) is 7.80. The molecule has 2 heterocycles. The van der Waals surface area contributed by atoms with Crippen molar-refractivity contribution in [2.24, 2.45) is 0 Å². The van der Waals surface area contributed by atoms with Crippen molar-refractivity contribution in [2.45, 2.75) is 6.54 Å². The predicted molar refractivity (Wildman–Crippen MR) is 64.8 cm³/mol. The van der Waals surface area contributed by atoms with Crippen LogP contribution in [0.3, 0.4) is 0 Å².